The molecule has 0 saturated carbocycles. The van der Waals surface area contributed by atoms with Crippen LogP contribution in [0.15, 0.2) is 24.3 Å². The van der Waals surface area contributed by atoms with Gasteiger partial charge < -0.3 is 15.0 Å². The topological polar surface area (TPSA) is 37.0 Å². The molecule has 90 valence electrons. The molecule has 1 aromatic carbocycles. The number of benzene rings is 1. The van der Waals surface area contributed by atoms with Crippen LogP contribution in [0.1, 0.15) is 24.3 Å². The number of H-pyrrole nitrogens is 1. The number of hydrogen-bond acceptors (Lipinski definition) is 2. The van der Waals surface area contributed by atoms with Crippen LogP contribution >= 0.6 is 0 Å². The van der Waals surface area contributed by atoms with E-state index in [9.17, 15) is 0 Å². The highest BCUT2D eigenvalue weighted by molar-refractivity contribution is 5.85. The van der Waals surface area contributed by atoms with Crippen LogP contribution in [0, 0.1) is 6.92 Å². The first-order chi connectivity index (χ1) is 8.27. The summed E-state index contributed by atoms with van der Waals surface area (Å²) in [4.78, 5) is 3.44. The average molecular weight is 230 g/mol. The Hall–Kier alpha value is -1.32. The van der Waals surface area contributed by atoms with Crippen LogP contribution in [0.3, 0.4) is 0 Å². The molecule has 0 spiro atoms. The summed E-state index contributed by atoms with van der Waals surface area (Å²) >= 11 is 0. The van der Waals surface area contributed by atoms with Gasteiger partial charge in [0, 0.05) is 34.7 Å². The first-order valence-corrected chi connectivity index (χ1v) is 6.19. The Morgan fingerprint density at radius 3 is 2.94 bits per heavy atom. The van der Waals surface area contributed by atoms with Gasteiger partial charge in [0.15, 0.2) is 0 Å². The predicted molar refractivity (Wildman–Crippen MR) is 69.2 cm³/mol. The van der Waals surface area contributed by atoms with Gasteiger partial charge in [0.05, 0.1) is 12.7 Å². The van der Waals surface area contributed by atoms with Crippen molar-refractivity contribution in [1.82, 2.24) is 10.3 Å². The van der Waals surface area contributed by atoms with Crippen LogP contribution in [-0.4, -0.2) is 24.2 Å². The minimum Gasteiger partial charge on any atom is -0.370 e. The predicted octanol–water partition coefficient (Wildman–Crippen LogP) is 2.53. The van der Waals surface area contributed by atoms with Crippen molar-refractivity contribution in [1.29, 1.82) is 0 Å². The number of fused-ring (bicyclic) bond motifs is 1. The fourth-order valence-electron chi connectivity index (χ4n) is 2.72. The first-order valence-electron chi connectivity index (χ1n) is 6.19. The monoisotopic (exact) mass is 230 g/mol. The Kier molecular flexibility index (Phi) is 2.65. The molecule has 2 heterocycles. The largest absolute Gasteiger partial charge is 0.370 e. The minimum atomic E-state index is 0.153. The summed E-state index contributed by atoms with van der Waals surface area (Å²) < 4.78 is 5.94. The minimum absolute atomic E-state index is 0.153. The van der Waals surface area contributed by atoms with Gasteiger partial charge in [0.25, 0.3) is 0 Å². The molecule has 0 radical (unpaired) electrons. The normalized spacial score (nSPS) is 25.3. The van der Waals surface area contributed by atoms with Gasteiger partial charge in [-0.1, -0.05) is 18.2 Å². The number of morpholine rings is 1. The molecule has 1 aliphatic heterocycles. The zero-order valence-corrected chi connectivity index (χ0v) is 10.3. The van der Waals surface area contributed by atoms with Gasteiger partial charge in [-0.25, -0.2) is 0 Å². The fraction of sp³-hybridized carbons (Fsp3) is 0.429. The molecule has 3 rings (SSSR count). The molecule has 2 N–H and O–H groups in total. The SMILES string of the molecule is Cc1[nH]c2ccccc2c1C1OCCNC1C. The molecule has 17 heavy (non-hydrogen) atoms. The van der Waals surface area contributed by atoms with Gasteiger partial charge in [-0.3, -0.25) is 0 Å². The van der Waals surface area contributed by atoms with Crippen LogP contribution in [0.2, 0.25) is 0 Å². The highest BCUT2D eigenvalue weighted by Crippen LogP contribution is 2.32. The standard InChI is InChI=1S/C14H18N2O/c1-9-13(14-10(2)15-7-8-17-14)11-5-3-4-6-12(11)16-9/h3-6,10,14-16H,7-8H2,1-2H3. The Bertz CT molecular complexity index is 532. The summed E-state index contributed by atoms with van der Waals surface area (Å²) in [6.07, 6.45) is 0.153. The van der Waals surface area contributed by atoms with Crippen LogP contribution in [0.25, 0.3) is 10.9 Å². The van der Waals surface area contributed by atoms with E-state index in [0.29, 0.717) is 6.04 Å². The molecule has 1 aliphatic rings. The molecule has 2 atom stereocenters. The van der Waals surface area contributed by atoms with Crippen LogP contribution in [0.4, 0.5) is 0 Å². The second kappa shape index (κ2) is 4.17. The van der Waals surface area contributed by atoms with Crippen molar-refractivity contribution >= 4 is 10.9 Å². The first kappa shape index (κ1) is 10.8. The Labute approximate surface area is 101 Å². The molecule has 0 aliphatic carbocycles. The van der Waals surface area contributed by atoms with Gasteiger partial charge in [0.2, 0.25) is 0 Å². The fourth-order valence-corrected chi connectivity index (χ4v) is 2.72. The molecule has 0 amide bonds. The van der Waals surface area contributed by atoms with E-state index in [2.05, 4.69) is 48.4 Å². The van der Waals surface area contributed by atoms with Crippen molar-refractivity contribution in [3.63, 3.8) is 0 Å². The third-order valence-corrected chi connectivity index (χ3v) is 3.55. The number of aryl methyl sites for hydroxylation is 1. The van der Waals surface area contributed by atoms with Crippen molar-refractivity contribution < 1.29 is 4.74 Å². The van der Waals surface area contributed by atoms with Gasteiger partial charge in [-0.05, 0) is 19.9 Å². The lowest BCUT2D eigenvalue weighted by Gasteiger charge is -2.30. The molecule has 3 heteroatoms. The summed E-state index contributed by atoms with van der Waals surface area (Å²) in [6.45, 7) is 6.04. The molecule has 1 saturated heterocycles. The summed E-state index contributed by atoms with van der Waals surface area (Å²) in [5.74, 6) is 0. The molecule has 0 bridgehead atoms. The number of aromatic nitrogens is 1. The number of para-hydroxylation sites is 1. The molecular weight excluding hydrogens is 212 g/mol. The Morgan fingerprint density at radius 2 is 2.12 bits per heavy atom. The average Bonchev–Trinajstić information content (AvgIpc) is 2.66. The lowest BCUT2D eigenvalue weighted by Crippen LogP contribution is -2.41. The van der Waals surface area contributed by atoms with Crippen molar-refractivity contribution in [2.24, 2.45) is 0 Å². The maximum atomic E-state index is 5.94. The van der Waals surface area contributed by atoms with E-state index in [1.165, 1.54) is 22.2 Å². The zero-order valence-electron chi connectivity index (χ0n) is 10.3. The number of ether oxygens (including phenoxy) is 1. The van der Waals surface area contributed by atoms with E-state index in [-0.39, 0.29) is 6.10 Å². The van der Waals surface area contributed by atoms with E-state index >= 15 is 0 Å². The van der Waals surface area contributed by atoms with Crippen LogP contribution in [0.5, 0.6) is 0 Å². The number of aromatic amines is 1. The second-order valence-corrected chi connectivity index (χ2v) is 4.74. The third-order valence-electron chi connectivity index (χ3n) is 3.55. The molecular formula is C14H18N2O. The smallest absolute Gasteiger partial charge is 0.0998 e. The number of rotatable bonds is 1. The van der Waals surface area contributed by atoms with Crippen LogP contribution in [-0.2, 0) is 4.74 Å². The van der Waals surface area contributed by atoms with Gasteiger partial charge in [-0.2, -0.15) is 0 Å². The zero-order chi connectivity index (χ0) is 11.8. The lowest BCUT2D eigenvalue weighted by atomic mass is 9.99. The van der Waals surface area contributed by atoms with Crippen molar-refractivity contribution in [3.05, 3.63) is 35.5 Å². The number of hydrogen-bond donors (Lipinski definition) is 2. The summed E-state index contributed by atoms with van der Waals surface area (Å²) in [7, 11) is 0. The summed E-state index contributed by atoms with van der Waals surface area (Å²) in [5, 5.41) is 4.76. The van der Waals surface area contributed by atoms with E-state index < -0.39 is 0 Å². The number of nitrogens with one attached hydrogen (secondary N) is 2. The van der Waals surface area contributed by atoms with E-state index in [1.54, 1.807) is 0 Å². The molecule has 1 aromatic heterocycles. The molecule has 2 aromatic rings. The Morgan fingerprint density at radius 1 is 1.29 bits per heavy atom. The lowest BCUT2D eigenvalue weighted by molar-refractivity contribution is 0.000305. The van der Waals surface area contributed by atoms with Gasteiger partial charge in [-0.15, -0.1) is 0 Å². The van der Waals surface area contributed by atoms with E-state index in [1.807, 2.05) is 0 Å². The van der Waals surface area contributed by atoms with Crippen LogP contribution < -0.4 is 5.32 Å². The highest BCUT2D eigenvalue weighted by Gasteiger charge is 2.27. The Balaban J connectivity index is 2.12. The summed E-state index contributed by atoms with van der Waals surface area (Å²) in [6, 6.07) is 8.79. The molecule has 2 unspecified atom stereocenters. The molecule has 3 nitrogen and oxygen atoms in total. The summed E-state index contributed by atoms with van der Waals surface area (Å²) in [5.41, 5.74) is 3.72. The van der Waals surface area contributed by atoms with E-state index in [4.69, 9.17) is 4.74 Å². The van der Waals surface area contributed by atoms with Crippen molar-refractivity contribution in [2.75, 3.05) is 13.2 Å². The molecule has 1 fully saturated rings. The van der Waals surface area contributed by atoms with E-state index in [0.717, 1.165) is 13.2 Å². The van der Waals surface area contributed by atoms with Crippen molar-refractivity contribution in [3.8, 4) is 0 Å². The van der Waals surface area contributed by atoms with Gasteiger partial charge >= 0.3 is 0 Å². The quantitative estimate of drug-likeness (QED) is 0.790. The maximum absolute atomic E-state index is 5.94. The van der Waals surface area contributed by atoms with Gasteiger partial charge in [0.1, 0.15) is 0 Å². The highest BCUT2D eigenvalue weighted by atomic mass is 16.5. The maximum Gasteiger partial charge on any atom is 0.0998 e. The van der Waals surface area contributed by atoms with Crippen molar-refractivity contribution in [2.45, 2.75) is 26.0 Å². The third kappa shape index (κ3) is 1.75. The second-order valence-electron chi connectivity index (χ2n) is 4.74.